The van der Waals surface area contributed by atoms with Gasteiger partial charge in [0.25, 0.3) is 15.7 Å². The third-order valence-corrected chi connectivity index (χ3v) is 5.88. The van der Waals surface area contributed by atoms with E-state index in [-0.39, 0.29) is 16.1 Å². The molecule has 0 radical (unpaired) electrons. The fourth-order valence-electron chi connectivity index (χ4n) is 2.16. The van der Waals surface area contributed by atoms with E-state index in [2.05, 4.69) is 4.72 Å². The summed E-state index contributed by atoms with van der Waals surface area (Å²) >= 11 is 0.419. The summed E-state index contributed by atoms with van der Waals surface area (Å²) in [4.78, 5) is 9.84. The molecule has 0 heterocycles. The summed E-state index contributed by atoms with van der Waals surface area (Å²) < 4.78 is 64.8. The molecule has 0 saturated carbocycles. The van der Waals surface area contributed by atoms with E-state index in [0.717, 1.165) is 6.07 Å². The monoisotopic (exact) mass is 406 g/mol. The van der Waals surface area contributed by atoms with Crippen molar-refractivity contribution in [3.63, 3.8) is 0 Å². The molecule has 0 atom stereocenters. The zero-order valence-electron chi connectivity index (χ0n) is 13.3. The van der Waals surface area contributed by atoms with Gasteiger partial charge in [0, 0.05) is 11.0 Å². The molecule has 0 aliphatic rings. The predicted molar refractivity (Wildman–Crippen MR) is 91.9 cm³/mol. The molecule has 0 fully saturated rings. The highest BCUT2D eigenvalue weighted by atomic mass is 32.2. The van der Waals surface area contributed by atoms with Gasteiger partial charge in [0.05, 0.1) is 16.4 Å². The topological polar surface area (TPSA) is 89.3 Å². The minimum atomic E-state index is -4.43. The summed E-state index contributed by atoms with van der Waals surface area (Å²) in [5, 5.41) is 11.1. The van der Waals surface area contributed by atoms with Gasteiger partial charge in [0.2, 0.25) is 0 Å². The number of aryl methyl sites for hydroxylation is 1. The third kappa shape index (κ3) is 4.88. The zero-order valence-corrected chi connectivity index (χ0v) is 14.9. The van der Waals surface area contributed by atoms with Crippen LogP contribution in [0.2, 0.25) is 0 Å². The Hall–Kier alpha value is -2.27. The highest BCUT2D eigenvalue weighted by Crippen LogP contribution is 2.34. The number of hydrogen-bond donors (Lipinski definition) is 1. The van der Waals surface area contributed by atoms with Crippen LogP contribution in [0.15, 0.2) is 52.3 Å². The second-order valence-corrected chi connectivity index (χ2v) is 7.82. The van der Waals surface area contributed by atoms with Crippen molar-refractivity contribution in [3.05, 3.63) is 58.1 Å². The Morgan fingerprint density at radius 2 is 1.81 bits per heavy atom. The molecule has 6 nitrogen and oxygen atoms in total. The first-order chi connectivity index (χ1) is 12.0. The number of anilines is 1. The van der Waals surface area contributed by atoms with E-state index in [1.54, 1.807) is 0 Å². The molecule has 0 aliphatic heterocycles. The molecule has 1 N–H and O–H groups in total. The SMILES string of the molecule is Cc1cccc([N+](=O)[O-])c1S(=O)(=O)Nc1ccccc1SCC(F)(F)F. The second kappa shape index (κ2) is 7.54. The average molecular weight is 406 g/mol. The van der Waals surface area contributed by atoms with Gasteiger partial charge in [-0.1, -0.05) is 24.3 Å². The molecule has 140 valence electrons. The van der Waals surface area contributed by atoms with Gasteiger partial charge in [-0.25, -0.2) is 8.42 Å². The minimum absolute atomic E-state index is 0.0598. The van der Waals surface area contributed by atoms with Gasteiger partial charge in [0.1, 0.15) is 0 Å². The van der Waals surface area contributed by atoms with Crippen molar-refractivity contribution in [1.82, 2.24) is 0 Å². The maximum atomic E-state index is 12.7. The van der Waals surface area contributed by atoms with Gasteiger partial charge in [-0.3, -0.25) is 14.8 Å². The second-order valence-electron chi connectivity index (χ2n) is 5.19. The number of alkyl halides is 3. The Kier molecular flexibility index (Phi) is 5.81. The van der Waals surface area contributed by atoms with Crippen LogP contribution in [0.3, 0.4) is 0 Å². The quantitative estimate of drug-likeness (QED) is 0.437. The number of nitro groups is 1. The number of para-hydroxylation sites is 1. The van der Waals surface area contributed by atoms with Crippen molar-refractivity contribution in [3.8, 4) is 0 Å². The number of hydrogen-bond acceptors (Lipinski definition) is 5. The Labute approximate surface area is 151 Å². The van der Waals surface area contributed by atoms with E-state index >= 15 is 0 Å². The molecule has 2 rings (SSSR count). The standard InChI is InChI=1S/C15H13F3N2O4S2/c1-10-5-4-7-12(20(21)22)14(10)26(23,24)19-11-6-2-3-8-13(11)25-9-15(16,17)18/h2-8,19H,9H2,1H3. The number of halogens is 3. The van der Waals surface area contributed by atoms with Crippen molar-refractivity contribution in [1.29, 1.82) is 0 Å². The van der Waals surface area contributed by atoms with E-state index < -0.39 is 37.5 Å². The van der Waals surface area contributed by atoms with Crippen LogP contribution in [-0.4, -0.2) is 25.3 Å². The molecule has 2 aromatic carbocycles. The number of sulfonamides is 1. The Bertz CT molecular complexity index is 931. The lowest BCUT2D eigenvalue weighted by molar-refractivity contribution is -0.387. The van der Waals surface area contributed by atoms with Crippen LogP contribution in [0.4, 0.5) is 24.5 Å². The van der Waals surface area contributed by atoms with Crippen molar-refractivity contribution in [2.45, 2.75) is 22.9 Å². The first-order valence-corrected chi connectivity index (χ1v) is 9.53. The lowest BCUT2D eigenvalue weighted by Crippen LogP contribution is -2.17. The van der Waals surface area contributed by atoms with E-state index in [1.165, 1.54) is 43.3 Å². The molecule has 0 aliphatic carbocycles. The summed E-state index contributed by atoms with van der Waals surface area (Å²) in [5.74, 6) is -1.20. The van der Waals surface area contributed by atoms with Gasteiger partial charge in [-0.2, -0.15) is 13.2 Å². The van der Waals surface area contributed by atoms with Crippen LogP contribution in [0, 0.1) is 17.0 Å². The van der Waals surface area contributed by atoms with Crippen LogP contribution in [0.25, 0.3) is 0 Å². The van der Waals surface area contributed by atoms with Crippen molar-refractivity contribution in [2.24, 2.45) is 0 Å². The molecular formula is C15H13F3N2O4S2. The number of rotatable bonds is 6. The molecular weight excluding hydrogens is 393 g/mol. The molecule has 0 bridgehead atoms. The average Bonchev–Trinajstić information content (AvgIpc) is 2.52. The van der Waals surface area contributed by atoms with Crippen LogP contribution in [0.5, 0.6) is 0 Å². The summed E-state index contributed by atoms with van der Waals surface area (Å²) in [6.45, 7) is 1.39. The normalized spacial score (nSPS) is 12.0. The maximum absolute atomic E-state index is 12.7. The highest BCUT2D eigenvalue weighted by Gasteiger charge is 2.30. The minimum Gasteiger partial charge on any atom is -0.278 e. The number of thioether (sulfide) groups is 1. The van der Waals surface area contributed by atoms with Gasteiger partial charge >= 0.3 is 6.18 Å². The molecule has 26 heavy (non-hydrogen) atoms. The first-order valence-electron chi connectivity index (χ1n) is 7.07. The van der Waals surface area contributed by atoms with Gasteiger partial charge < -0.3 is 0 Å². The Morgan fingerprint density at radius 3 is 2.42 bits per heavy atom. The molecule has 0 amide bonds. The Balaban J connectivity index is 2.42. The fraction of sp³-hybridized carbons (Fsp3) is 0.200. The summed E-state index contributed by atoms with van der Waals surface area (Å²) in [7, 11) is -4.38. The zero-order chi connectivity index (χ0) is 19.5. The lowest BCUT2D eigenvalue weighted by Gasteiger charge is -2.14. The fourth-order valence-corrected chi connectivity index (χ4v) is 4.48. The largest absolute Gasteiger partial charge is 0.398 e. The molecule has 0 unspecified atom stereocenters. The van der Waals surface area contributed by atoms with Crippen molar-refractivity contribution >= 4 is 33.2 Å². The predicted octanol–water partition coefficient (Wildman–Crippen LogP) is 4.36. The van der Waals surface area contributed by atoms with E-state index in [9.17, 15) is 31.7 Å². The number of nitro benzene ring substituents is 1. The van der Waals surface area contributed by atoms with Crippen LogP contribution >= 0.6 is 11.8 Å². The van der Waals surface area contributed by atoms with Crippen LogP contribution in [-0.2, 0) is 10.0 Å². The van der Waals surface area contributed by atoms with Crippen molar-refractivity contribution in [2.75, 3.05) is 10.5 Å². The molecule has 11 heteroatoms. The third-order valence-electron chi connectivity index (χ3n) is 3.18. The van der Waals surface area contributed by atoms with Crippen LogP contribution < -0.4 is 4.72 Å². The highest BCUT2D eigenvalue weighted by molar-refractivity contribution is 7.99. The maximum Gasteiger partial charge on any atom is 0.398 e. The summed E-state index contributed by atoms with van der Waals surface area (Å²) in [6.07, 6.45) is -4.43. The van der Waals surface area contributed by atoms with Crippen LogP contribution in [0.1, 0.15) is 5.56 Å². The number of benzene rings is 2. The first kappa shape index (κ1) is 20.0. The smallest absolute Gasteiger partial charge is 0.278 e. The van der Waals surface area contributed by atoms with Gasteiger partial charge in [-0.15, -0.1) is 11.8 Å². The summed E-state index contributed by atoms with van der Waals surface area (Å²) in [5.41, 5.74) is -0.552. The molecule has 0 spiro atoms. The summed E-state index contributed by atoms with van der Waals surface area (Å²) in [6, 6.07) is 9.33. The van der Waals surface area contributed by atoms with E-state index in [1.807, 2.05) is 0 Å². The van der Waals surface area contributed by atoms with E-state index in [0.29, 0.717) is 11.8 Å². The Morgan fingerprint density at radius 1 is 1.15 bits per heavy atom. The van der Waals surface area contributed by atoms with Crippen molar-refractivity contribution < 1.29 is 26.5 Å². The van der Waals surface area contributed by atoms with Gasteiger partial charge in [-0.05, 0) is 24.6 Å². The lowest BCUT2D eigenvalue weighted by atomic mass is 10.2. The number of nitrogens with one attached hydrogen (secondary N) is 1. The molecule has 2 aromatic rings. The molecule has 0 aromatic heterocycles. The molecule has 0 saturated heterocycles. The van der Waals surface area contributed by atoms with Gasteiger partial charge in [0.15, 0.2) is 4.90 Å². The number of nitrogens with zero attached hydrogens (tertiary/aromatic N) is 1. The van der Waals surface area contributed by atoms with E-state index in [4.69, 9.17) is 0 Å².